The summed E-state index contributed by atoms with van der Waals surface area (Å²) in [6, 6.07) is -0.0949. The minimum Gasteiger partial charge on any atom is -0.443 e. The van der Waals surface area contributed by atoms with Crippen LogP contribution in [0.2, 0.25) is 0 Å². The Balaban J connectivity index is 2.41. The molecule has 96 valence electrons. The molecular formula is C11H20N4O2. The van der Waals surface area contributed by atoms with Crippen LogP contribution in [0.1, 0.15) is 39.6 Å². The lowest BCUT2D eigenvalue weighted by atomic mass is 10.2. The van der Waals surface area contributed by atoms with Crippen molar-refractivity contribution in [2.24, 2.45) is 7.05 Å². The number of ether oxygens (including phenoxy) is 1. The molecule has 0 aliphatic rings. The van der Waals surface area contributed by atoms with Gasteiger partial charge in [-0.1, -0.05) is 0 Å². The number of aromatic nitrogens is 2. The Morgan fingerprint density at radius 3 is 2.65 bits per heavy atom. The van der Waals surface area contributed by atoms with Crippen molar-refractivity contribution >= 4 is 6.09 Å². The van der Waals surface area contributed by atoms with Gasteiger partial charge < -0.3 is 9.30 Å². The molecule has 1 amide bonds. The Hall–Kier alpha value is -1.56. The molecule has 1 atom stereocenters. The van der Waals surface area contributed by atoms with E-state index in [1.54, 1.807) is 6.20 Å². The van der Waals surface area contributed by atoms with Crippen LogP contribution in [0.5, 0.6) is 0 Å². The van der Waals surface area contributed by atoms with Crippen molar-refractivity contribution in [3.8, 4) is 0 Å². The summed E-state index contributed by atoms with van der Waals surface area (Å²) in [4.78, 5) is 15.6. The third kappa shape index (κ3) is 4.44. The molecule has 0 fully saturated rings. The molecule has 0 spiro atoms. The number of nitrogens with zero attached hydrogens (tertiary/aromatic N) is 2. The first-order chi connectivity index (χ1) is 7.79. The molecule has 0 saturated carbocycles. The lowest BCUT2D eigenvalue weighted by molar-refractivity contribution is 0.0488. The SMILES string of the molecule is CC(NNC(=O)OC(C)(C)C)c1nccn1C. The largest absolute Gasteiger partial charge is 0.443 e. The molecule has 6 heteroatoms. The van der Waals surface area contributed by atoms with Crippen LogP contribution >= 0.6 is 0 Å². The van der Waals surface area contributed by atoms with Crippen LogP contribution in [0.15, 0.2) is 12.4 Å². The third-order valence-electron chi connectivity index (χ3n) is 2.04. The highest BCUT2D eigenvalue weighted by Crippen LogP contribution is 2.08. The summed E-state index contributed by atoms with van der Waals surface area (Å²) in [5.41, 5.74) is 4.83. The van der Waals surface area contributed by atoms with Crippen LogP contribution in [0, 0.1) is 0 Å². The monoisotopic (exact) mass is 240 g/mol. The molecule has 1 unspecified atom stereocenters. The fraction of sp³-hybridized carbons (Fsp3) is 0.636. The standard InChI is InChI=1S/C11H20N4O2/c1-8(9-12-6-7-15(9)5)13-14-10(16)17-11(2,3)4/h6-8,13H,1-5H3,(H,14,16). The van der Waals surface area contributed by atoms with E-state index in [1.807, 2.05) is 45.5 Å². The topological polar surface area (TPSA) is 68.2 Å². The van der Waals surface area contributed by atoms with E-state index in [4.69, 9.17) is 4.74 Å². The van der Waals surface area contributed by atoms with Gasteiger partial charge in [-0.3, -0.25) is 5.43 Å². The molecule has 6 nitrogen and oxygen atoms in total. The van der Waals surface area contributed by atoms with Crippen molar-refractivity contribution in [1.82, 2.24) is 20.4 Å². The van der Waals surface area contributed by atoms with Crippen molar-refractivity contribution in [3.63, 3.8) is 0 Å². The van der Waals surface area contributed by atoms with Gasteiger partial charge in [-0.25, -0.2) is 15.2 Å². The molecule has 1 aromatic rings. The Kier molecular flexibility index (Phi) is 4.11. The Morgan fingerprint density at radius 2 is 2.18 bits per heavy atom. The summed E-state index contributed by atoms with van der Waals surface area (Å²) in [5, 5.41) is 0. The van der Waals surface area contributed by atoms with E-state index >= 15 is 0 Å². The second-order valence-electron chi connectivity index (χ2n) is 4.89. The molecule has 0 aromatic carbocycles. The van der Waals surface area contributed by atoms with Crippen LogP contribution in [0.3, 0.4) is 0 Å². The average Bonchev–Trinajstić information content (AvgIpc) is 2.58. The van der Waals surface area contributed by atoms with Crippen LogP contribution < -0.4 is 10.9 Å². The van der Waals surface area contributed by atoms with Crippen LogP contribution in [-0.4, -0.2) is 21.2 Å². The number of rotatable bonds is 3. The van der Waals surface area contributed by atoms with Gasteiger partial charge in [-0.15, -0.1) is 0 Å². The molecular weight excluding hydrogens is 220 g/mol. The number of nitrogens with one attached hydrogen (secondary N) is 2. The molecule has 0 radical (unpaired) electrons. The Morgan fingerprint density at radius 1 is 1.53 bits per heavy atom. The first kappa shape index (κ1) is 13.5. The summed E-state index contributed by atoms with van der Waals surface area (Å²) in [6.07, 6.45) is 3.06. The van der Waals surface area contributed by atoms with Crippen molar-refractivity contribution in [2.75, 3.05) is 0 Å². The number of carbonyl (C=O) groups is 1. The zero-order valence-electron chi connectivity index (χ0n) is 10.9. The van der Waals surface area contributed by atoms with Gasteiger partial charge >= 0.3 is 6.09 Å². The molecule has 0 aliphatic heterocycles. The van der Waals surface area contributed by atoms with Crippen molar-refractivity contribution < 1.29 is 9.53 Å². The summed E-state index contributed by atoms with van der Waals surface area (Å²) in [5.74, 6) is 0.834. The van der Waals surface area contributed by atoms with Gasteiger partial charge in [0.1, 0.15) is 11.4 Å². The number of amides is 1. The first-order valence-corrected chi connectivity index (χ1v) is 5.51. The van der Waals surface area contributed by atoms with Gasteiger partial charge in [0.2, 0.25) is 0 Å². The maximum atomic E-state index is 11.4. The fourth-order valence-electron chi connectivity index (χ4n) is 1.33. The number of aryl methyl sites for hydroxylation is 1. The molecule has 0 aliphatic carbocycles. The molecule has 1 rings (SSSR count). The summed E-state index contributed by atoms with van der Waals surface area (Å²) >= 11 is 0. The Bertz CT molecular complexity index is 381. The summed E-state index contributed by atoms with van der Waals surface area (Å²) < 4.78 is 6.98. The van der Waals surface area contributed by atoms with Gasteiger partial charge in [-0.05, 0) is 27.7 Å². The minimum absolute atomic E-state index is 0.0949. The summed E-state index contributed by atoms with van der Waals surface area (Å²) in [6.45, 7) is 7.35. The van der Waals surface area contributed by atoms with E-state index in [-0.39, 0.29) is 6.04 Å². The van der Waals surface area contributed by atoms with E-state index in [0.29, 0.717) is 0 Å². The first-order valence-electron chi connectivity index (χ1n) is 5.51. The van der Waals surface area contributed by atoms with Gasteiger partial charge in [-0.2, -0.15) is 0 Å². The number of hydrogen-bond donors (Lipinski definition) is 2. The molecule has 17 heavy (non-hydrogen) atoms. The van der Waals surface area contributed by atoms with Crippen molar-refractivity contribution in [2.45, 2.75) is 39.3 Å². The van der Waals surface area contributed by atoms with Crippen LogP contribution in [0.4, 0.5) is 4.79 Å². The highest BCUT2D eigenvalue weighted by molar-refractivity contribution is 5.67. The third-order valence-corrected chi connectivity index (χ3v) is 2.04. The van der Waals surface area contributed by atoms with E-state index in [9.17, 15) is 4.79 Å². The predicted octanol–water partition coefficient (Wildman–Crippen LogP) is 1.51. The highest BCUT2D eigenvalue weighted by atomic mass is 16.6. The lowest BCUT2D eigenvalue weighted by Gasteiger charge is -2.21. The van der Waals surface area contributed by atoms with E-state index in [0.717, 1.165) is 5.82 Å². The van der Waals surface area contributed by atoms with Gasteiger partial charge in [0.15, 0.2) is 0 Å². The second-order valence-corrected chi connectivity index (χ2v) is 4.89. The predicted molar refractivity (Wildman–Crippen MR) is 64.1 cm³/mol. The molecule has 2 N–H and O–H groups in total. The second kappa shape index (κ2) is 5.18. The molecule has 0 bridgehead atoms. The average molecular weight is 240 g/mol. The van der Waals surface area contributed by atoms with Crippen molar-refractivity contribution in [3.05, 3.63) is 18.2 Å². The smallest absolute Gasteiger partial charge is 0.422 e. The number of hydrogen-bond acceptors (Lipinski definition) is 4. The van der Waals surface area contributed by atoms with Gasteiger partial charge in [0.05, 0.1) is 6.04 Å². The van der Waals surface area contributed by atoms with Crippen LogP contribution in [-0.2, 0) is 11.8 Å². The number of hydrazine groups is 1. The van der Waals surface area contributed by atoms with Gasteiger partial charge in [0, 0.05) is 19.4 Å². The maximum Gasteiger partial charge on any atom is 0.422 e. The normalized spacial score (nSPS) is 13.2. The Labute approximate surface area is 101 Å². The quantitative estimate of drug-likeness (QED) is 0.786. The van der Waals surface area contributed by atoms with Gasteiger partial charge in [0.25, 0.3) is 0 Å². The number of carbonyl (C=O) groups excluding carboxylic acids is 1. The molecule has 1 heterocycles. The van der Waals surface area contributed by atoms with Crippen LogP contribution in [0.25, 0.3) is 0 Å². The number of imidazole rings is 1. The van der Waals surface area contributed by atoms with Crippen molar-refractivity contribution in [1.29, 1.82) is 0 Å². The van der Waals surface area contributed by atoms with E-state index < -0.39 is 11.7 Å². The van der Waals surface area contributed by atoms with E-state index in [2.05, 4.69) is 15.8 Å². The van der Waals surface area contributed by atoms with E-state index in [1.165, 1.54) is 0 Å². The lowest BCUT2D eigenvalue weighted by Crippen LogP contribution is -2.42. The zero-order chi connectivity index (χ0) is 13.1. The molecule has 0 saturated heterocycles. The molecule has 1 aromatic heterocycles. The maximum absolute atomic E-state index is 11.4. The highest BCUT2D eigenvalue weighted by Gasteiger charge is 2.17. The summed E-state index contributed by atoms with van der Waals surface area (Å²) in [7, 11) is 1.90. The zero-order valence-corrected chi connectivity index (χ0v) is 10.9. The minimum atomic E-state index is -0.502. The fourth-order valence-corrected chi connectivity index (χ4v) is 1.33.